The molecule has 1 aliphatic rings. The SMILES string of the molecule is CC(C)(C)OC(=O)NN[C@@H]1CN([C@H](c2ccc(Cl)nc2)C(F)(F)F)CC1F. The summed E-state index contributed by atoms with van der Waals surface area (Å²) < 4.78 is 60.0. The Labute approximate surface area is 159 Å². The van der Waals surface area contributed by atoms with Crippen LogP contribution in [0.15, 0.2) is 18.3 Å². The number of halogens is 5. The van der Waals surface area contributed by atoms with Crippen LogP contribution in [0, 0.1) is 0 Å². The first kappa shape index (κ1) is 21.6. The summed E-state index contributed by atoms with van der Waals surface area (Å²) in [5, 5.41) is 0.0607. The second-order valence-corrected chi connectivity index (χ2v) is 7.59. The number of hydrogen-bond donors (Lipinski definition) is 2. The molecule has 2 N–H and O–H groups in total. The minimum atomic E-state index is -4.64. The molecular weight excluding hydrogens is 392 g/mol. The molecule has 0 saturated carbocycles. The number of hydrogen-bond acceptors (Lipinski definition) is 5. The highest BCUT2D eigenvalue weighted by molar-refractivity contribution is 6.29. The van der Waals surface area contributed by atoms with Crippen molar-refractivity contribution in [3.8, 4) is 0 Å². The van der Waals surface area contributed by atoms with E-state index in [2.05, 4.69) is 15.8 Å². The molecule has 11 heteroatoms. The standard InChI is InChI=1S/C16H21ClF4N4O2/c1-15(2,3)27-14(26)24-23-11-8-25(7-10(11)18)13(16(19,20)21)9-4-5-12(17)22-6-9/h4-6,10-11,13,23H,7-8H2,1-3H3,(H,24,26)/t10?,11-,13-/m1/s1. The molecule has 3 atom stereocenters. The van der Waals surface area contributed by atoms with E-state index < -0.39 is 42.7 Å². The maximum atomic E-state index is 14.3. The van der Waals surface area contributed by atoms with Gasteiger partial charge in [-0.1, -0.05) is 17.7 Å². The molecular formula is C16H21ClF4N4O2. The first-order valence-electron chi connectivity index (χ1n) is 8.17. The van der Waals surface area contributed by atoms with Gasteiger partial charge in [0, 0.05) is 19.3 Å². The smallest absolute Gasteiger partial charge is 0.422 e. The lowest BCUT2D eigenvalue weighted by Gasteiger charge is -2.29. The van der Waals surface area contributed by atoms with Gasteiger partial charge in [0.15, 0.2) is 0 Å². The summed E-state index contributed by atoms with van der Waals surface area (Å²) in [5.74, 6) is 0. The van der Waals surface area contributed by atoms with Crippen LogP contribution >= 0.6 is 11.6 Å². The summed E-state index contributed by atoms with van der Waals surface area (Å²) in [7, 11) is 0. The van der Waals surface area contributed by atoms with Gasteiger partial charge in [-0.05, 0) is 32.4 Å². The van der Waals surface area contributed by atoms with Crippen molar-refractivity contribution >= 4 is 17.7 Å². The highest BCUT2D eigenvalue weighted by Crippen LogP contribution is 2.39. The van der Waals surface area contributed by atoms with Crippen LogP contribution < -0.4 is 10.9 Å². The van der Waals surface area contributed by atoms with Crippen LogP contribution in [0.25, 0.3) is 0 Å². The van der Waals surface area contributed by atoms with Gasteiger partial charge in [-0.15, -0.1) is 0 Å². The number of nitrogens with zero attached hydrogens (tertiary/aromatic N) is 2. The third-order valence-electron chi connectivity index (χ3n) is 3.78. The summed E-state index contributed by atoms with van der Waals surface area (Å²) in [5.41, 5.74) is 3.68. The molecule has 152 valence electrons. The van der Waals surface area contributed by atoms with E-state index in [1.165, 1.54) is 12.1 Å². The number of likely N-dealkylation sites (tertiary alicyclic amines) is 1. The first-order valence-corrected chi connectivity index (χ1v) is 8.55. The number of carbonyl (C=O) groups excluding carboxylic acids is 1. The molecule has 0 bridgehead atoms. The Morgan fingerprint density at radius 2 is 2.00 bits per heavy atom. The Bertz CT molecular complexity index is 651. The average molecular weight is 413 g/mol. The number of hydrazine groups is 1. The number of rotatable bonds is 4. The van der Waals surface area contributed by atoms with Crippen LogP contribution in [0.1, 0.15) is 32.4 Å². The van der Waals surface area contributed by atoms with Crippen molar-refractivity contribution in [2.75, 3.05) is 13.1 Å². The van der Waals surface area contributed by atoms with Gasteiger partial charge >= 0.3 is 12.3 Å². The lowest BCUT2D eigenvalue weighted by molar-refractivity contribution is -0.184. The molecule has 1 amide bonds. The largest absolute Gasteiger partial charge is 0.443 e. The number of carbonyl (C=O) groups is 1. The predicted octanol–water partition coefficient (Wildman–Crippen LogP) is 3.39. The Morgan fingerprint density at radius 1 is 1.33 bits per heavy atom. The van der Waals surface area contributed by atoms with E-state index in [0.717, 1.165) is 11.1 Å². The van der Waals surface area contributed by atoms with Crippen molar-refractivity contribution in [1.82, 2.24) is 20.7 Å². The third-order valence-corrected chi connectivity index (χ3v) is 4.00. The van der Waals surface area contributed by atoms with Gasteiger partial charge in [-0.25, -0.2) is 19.6 Å². The molecule has 0 aliphatic carbocycles. The summed E-state index contributed by atoms with van der Waals surface area (Å²) >= 11 is 5.63. The molecule has 0 spiro atoms. The van der Waals surface area contributed by atoms with E-state index in [9.17, 15) is 22.4 Å². The minimum Gasteiger partial charge on any atom is -0.443 e. The summed E-state index contributed by atoms with van der Waals surface area (Å²) in [6, 6.07) is -0.602. The molecule has 1 unspecified atom stereocenters. The molecule has 6 nitrogen and oxygen atoms in total. The Hall–Kier alpha value is -1.65. The number of pyridine rings is 1. The topological polar surface area (TPSA) is 66.5 Å². The second kappa shape index (κ2) is 8.15. The first-order chi connectivity index (χ1) is 12.4. The molecule has 1 aromatic heterocycles. The zero-order valence-electron chi connectivity index (χ0n) is 15.0. The molecule has 0 aromatic carbocycles. The molecule has 27 heavy (non-hydrogen) atoms. The Balaban J connectivity index is 2.05. The number of alkyl halides is 4. The number of aromatic nitrogens is 1. The summed E-state index contributed by atoms with van der Waals surface area (Å²) in [4.78, 5) is 16.2. The van der Waals surface area contributed by atoms with Crippen LogP contribution in [0.3, 0.4) is 0 Å². The molecule has 1 saturated heterocycles. The number of amides is 1. The van der Waals surface area contributed by atoms with E-state index in [0.29, 0.717) is 0 Å². The van der Waals surface area contributed by atoms with Crippen molar-refractivity contribution in [3.63, 3.8) is 0 Å². The average Bonchev–Trinajstić information content (AvgIpc) is 2.85. The fraction of sp³-hybridized carbons (Fsp3) is 0.625. The summed E-state index contributed by atoms with van der Waals surface area (Å²) in [6.07, 6.45) is -6.08. The summed E-state index contributed by atoms with van der Waals surface area (Å²) in [6.45, 7) is 4.21. The zero-order chi connectivity index (χ0) is 20.4. The van der Waals surface area contributed by atoms with E-state index in [-0.39, 0.29) is 17.3 Å². The van der Waals surface area contributed by atoms with Crippen LogP contribution in [-0.4, -0.2) is 53.1 Å². The normalized spacial score (nSPS) is 22.5. The molecule has 1 fully saturated rings. The van der Waals surface area contributed by atoms with Crippen molar-refractivity contribution < 1.29 is 27.1 Å². The maximum absolute atomic E-state index is 14.3. The zero-order valence-corrected chi connectivity index (χ0v) is 15.7. The lowest BCUT2D eigenvalue weighted by Crippen LogP contribution is -2.50. The molecule has 1 aromatic rings. The lowest BCUT2D eigenvalue weighted by atomic mass is 10.1. The van der Waals surface area contributed by atoms with Crippen molar-refractivity contribution in [2.45, 2.75) is 50.8 Å². The van der Waals surface area contributed by atoms with Crippen molar-refractivity contribution in [1.29, 1.82) is 0 Å². The van der Waals surface area contributed by atoms with Gasteiger partial charge in [-0.3, -0.25) is 10.3 Å². The van der Waals surface area contributed by atoms with Crippen LogP contribution in [0.2, 0.25) is 5.15 Å². The van der Waals surface area contributed by atoms with Gasteiger partial charge in [0.2, 0.25) is 0 Å². The maximum Gasteiger partial charge on any atom is 0.422 e. The quantitative estimate of drug-likeness (QED) is 0.451. The van der Waals surface area contributed by atoms with Crippen molar-refractivity contribution in [2.24, 2.45) is 0 Å². The van der Waals surface area contributed by atoms with Gasteiger partial charge in [0.1, 0.15) is 23.0 Å². The minimum absolute atomic E-state index is 0.0607. The van der Waals surface area contributed by atoms with E-state index in [4.69, 9.17) is 16.3 Å². The predicted molar refractivity (Wildman–Crippen MR) is 90.8 cm³/mol. The third kappa shape index (κ3) is 6.18. The fourth-order valence-corrected chi connectivity index (χ4v) is 2.86. The Kier molecular flexibility index (Phi) is 6.54. The molecule has 1 aliphatic heterocycles. The van der Waals surface area contributed by atoms with E-state index in [1.54, 1.807) is 20.8 Å². The van der Waals surface area contributed by atoms with Crippen LogP contribution in [0.4, 0.5) is 22.4 Å². The monoisotopic (exact) mass is 412 g/mol. The molecule has 0 radical (unpaired) electrons. The van der Waals surface area contributed by atoms with Crippen LogP contribution in [-0.2, 0) is 4.74 Å². The van der Waals surface area contributed by atoms with Crippen LogP contribution in [0.5, 0.6) is 0 Å². The van der Waals surface area contributed by atoms with Crippen molar-refractivity contribution in [3.05, 3.63) is 29.0 Å². The highest BCUT2D eigenvalue weighted by Gasteiger charge is 2.49. The fourth-order valence-electron chi connectivity index (χ4n) is 2.75. The Morgan fingerprint density at radius 3 is 2.52 bits per heavy atom. The van der Waals surface area contributed by atoms with Gasteiger partial charge in [0.05, 0.1) is 6.04 Å². The van der Waals surface area contributed by atoms with E-state index in [1.807, 2.05) is 0 Å². The molecule has 2 rings (SSSR count). The number of nitrogens with one attached hydrogen (secondary N) is 2. The highest BCUT2D eigenvalue weighted by atomic mass is 35.5. The van der Waals surface area contributed by atoms with Gasteiger partial charge in [-0.2, -0.15) is 13.2 Å². The molecule has 2 heterocycles. The second-order valence-electron chi connectivity index (χ2n) is 7.21. The number of ether oxygens (including phenoxy) is 1. The van der Waals surface area contributed by atoms with Gasteiger partial charge < -0.3 is 4.74 Å². The van der Waals surface area contributed by atoms with E-state index >= 15 is 0 Å². The van der Waals surface area contributed by atoms with Gasteiger partial charge in [0.25, 0.3) is 0 Å².